The van der Waals surface area contributed by atoms with Gasteiger partial charge in [0.2, 0.25) is 5.76 Å². The summed E-state index contributed by atoms with van der Waals surface area (Å²) in [6.07, 6.45) is 1.34. The van der Waals surface area contributed by atoms with Crippen molar-refractivity contribution in [1.82, 2.24) is 15.0 Å². The summed E-state index contributed by atoms with van der Waals surface area (Å²) in [6, 6.07) is 13.8. The first-order valence-corrected chi connectivity index (χ1v) is 8.79. The number of nitrogens with zero attached hydrogens (tertiary/aromatic N) is 4. The van der Waals surface area contributed by atoms with Crippen molar-refractivity contribution in [3.63, 3.8) is 0 Å². The van der Waals surface area contributed by atoms with Crippen molar-refractivity contribution in [2.75, 3.05) is 5.32 Å². The standard InChI is InChI=1S/C20H12ClN5O3/c1-11-23-17(12-5-7-13(21)8-6-12)18(29-11)19(27)26-20-25-16(10-28-20)15-4-2-3-14(9-22)24-15/h2-8,10H,1H3,(H,25,26,27). The fourth-order valence-electron chi connectivity index (χ4n) is 2.63. The second-order valence-electron chi connectivity index (χ2n) is 5.93. The zero-order valence-electron chi connectivity index (χ0n) is 15.0. The molecule has 0 aliphatic rings. The largest absolute Gasteiger partial charge is 0.435 e. The Morgan fingerprint density at radius 1 is 1.10 bits per heavy atom. The summed E-state index contributed by atoms with van der Waals surface area (Å²) in [6.45, 7) is 1.65. The molecule has 0 atom stereocenters. The van der Waals surface area contributed by atoms with Crippen LogP contribution in [0.25, 0.3) is 22.6 Å². The average Bonchev–Trinajstić information content (AvgIpc) is 3.35. The van der Waals surface area contributed by atoms with E-state index >= 15 is 0 Å². The van der Waals surface area contributed by atoms with Gasteiger partial charge < -0.3 is 8.83 Å². The zero-order chi connectivity index (χ0) is 20.4. The highest BCUT2D eigenvalue weighted by molar-refractivity contribution is 6.30. The van der Waals surface area contributed by atoms with E-state index in [2.05, 4.69) is 20.3 Å². The summed E-state index contributed by atoms with van der Waals surface area (Å²) in [5.41, 5.74) is 2.14. The topological polar surface area (TPSA) is 118 Å². The van der Waals surface area contributed by atoms with Gasteiger partial charge in [-0.15, -0.1) is 0 Å². The fourth-order valence-corrected chi connectivity index (χ4v) is 2.75. The van der Waals surface area contributed by atoms with Crippen LogP contribution in [0.15, 0.2) is 57.6 Å². The Kier molecular flexibility index (Phi) is 4.81. The smallest absolute Gasteiger partial charge is 0.302 e. The van der Waals surface area contributed by atoms with Gasteiger partial charge in [-0.2, -0.15) is 10.2 Å². The Bertz CT molecular complexity index is 1240. The van der Waals surface area contributed by atoms with Crippen LogP contribution in [0.1, 0.15) is 22.1 Å². The molecule has 0 unspecified atom stereocenters. The van der Waals surface area contributed by atoms with Crippen LogP contribution in [-0.2, 0) is 0 Å². The summed E-state index contributed by atoms with van der Waals surface area (Å²) in [7, 11) is 0. The molecule has 4 aromatic rings. The number of carbonyl (C=O) groups excluding carboxylic acids is 1. The van der Waals surface area contributed by atoms with E-state index < -0.39 is 5.91 Å². The van der Waals surface area contributed by atoms with E-state index in [1.54, 1.807) is 49.4 Å². The molecule has 3 heterocycles. The Labute approximate surface area is 169 Å². The lowest BCUT2D eigenvalue weighted by molar-refractivity contribution is 0.0993. The lowest BCUT2D eigenvalue weighted by atomic mass is 10.1. The van der Waals surface area contributed by atoms with Crippen molar-refractivity contribution >= 4 is 23.5 Å². The first-order valence-electron chi connectivity index (χ1n) is 8.41. The predicted octanol–water partition coefficient (Wildman–Crippen LogP) is 4.48. The van der Waals surface area contributed by atoms with Gasteiger partial charge >= 0.3 is 6.01 Å². The maximum Gasteiger partial charge on any atom is 0.302 e. The number of benzene rings is 1. The van der Waals surface area contributed by atoms with E-state index in [0.29, 0.717) is 33.6 Å². The van der Waals surface area contributed by atoms with E-state index in [1.165, 1.54) is 6.26 Å². The second kappa shape index (κ2) is 7.58. The Hall–Kier alpha value is -3.96. The van der Waals surface area contributed by atoms with E-state index in [-0.39, 0.29) is 17.5 Å². The van der Waals surface area contributed by atoms with Gasteiger partial charge in [-0.25, -0.2) is 9.97 Å². The van der Waals surface area contributed by atoms with Crippen LogP contribution in [0.4, 0.5) is 6.01 Å². The van der Waals surface area contributed by atoms with E-state index in [0.717, 1.165) is 0 Å². The number of hydrogen-bond acceptors (Lipinski definition) is 7. The van der Waals surface area contributed by atoms with Gasteiger partial charge in [0, 0.05) is 17.5 Å². The molecule has 142 valence electrons. The molecule has 1 aromatic carbocycles. The van der Waals surface area contributed by atoms with Gasteiger partial charge in [-0.05, 0) is 24.3 Å². The molecule has 9 heteroatoms. The predicted molar refractivity (Wildman–Crippen MR) is 104 cm³/mol. The summed E-state index contributed by atoms with van der Waals surface area (Å²) in [5.74, 6) is -0.206. The molecule has 0 radical (unpaired) electrons. The number of anilines is 1. The Morgan fingerprint density at radius 3 is 2.66 bits per heavy atom. The molecule has 3 aromatic heterocycles. The number of aryl methyl sites for hydroxylation is 1. The molecule has 0 aliphatic heterocycles. The molecule has 1 N–H and O–H groups in total. The third-order valence-electron chi connectivity index (χ3n) is 3.91. The quantitative estimate of drug-likeness (QED) is 0.531. The van der Waals surface area contributed by atoms with Crippen LogP contribution < -0.4 is 5.32 Å². The lowest BCUT2D eigenvalue weighted by Gasteiger charge is -2.01. The summed E-state index contributed by atoms with van der Waals surface area (Å²) in [5, 5.41) is 12.1. The highest BCUT2D eigenvalue weighted by atomic mass is 35.5. The van der Waals surface area contributed by atoms with E-state index in [4.69, 9.17) is 25.7 Å². The molecular formula is C20H12ClN5O3. The minimum absolute atomic E-state index is 0.0224. The van der Waals surface area contributed by atoms with E-state index in [1.807, 2.05) is 6.07 Å². The maximum absolute atomic E-state index is 12.7. The van der Waals surface area contributed by atoms with Crippen molar-refractivity contribution in [2.24, 2.45) is 0 Å². The first-order chi connectivity index (χ1) is 14.0. The summed E-state index contributed by atoms with van der Waals surface area (Å²) < 4.78 is 10.8. The van der Waals surface area contributed by atoms with Crippen molar-refractivity contribution in [2.45, 2.75) is 6.92 Å². The lowest BCUT2D eigenvalue weighted by Crippen LogP contribution is -2.12. The fraction of sp³-hybridized carbons (Fsp3) is 0.0500. The molecule has 1 amide bonds. The number of aromatic nitrogens is 3. The van der Waals surface area contributed by atoms with Gasteiger partial charge in [-0.1, -0.05) is 29.8 Å². The molecule has 0 aliphatic carbocycles. The minimum Gasteiger partial charge on any atom is -0.435 e. The van der Waals surface area contributed by atoms with Gasteiger partial charge in [0.1, 0.15) is 29.4 Å². The van der Waals surface area contributed by atoms with Gasteiger partial charge in [-0.3, -0.25) is 10.1 Å². The number of carbonyl (C=O) groups is 1. The number of rotatable bonds is 4. The van der Waals surface area contributed by atoms with Gasteiger partial charge in [0.05, 0.1) is 5.69 Å². The van der Waals surface area contributed by atoms with Crippen LogP contribution in [0, 0.1) is 18.3 Å². The highest BCUT2D eigenvalue weighted by Crippen LogP contribution is 2.26. The number of nitrogens with one attached hydrogen (secondary N) is 1. The maximum atomic E-state index is 12.7. The number of nitriles is 1. The monoisotopic (exact) mass is 405 g/mol. The number of oxazole rings is 2. The van der Waals surface area contributed by atoms with Gasteiger partial charge in [0.15, 0.2) is 5.89 Å². The SMILES string of the molecule is Cc1nc(-c2ccc(Cl)cc2)c(C(=O)Nc2nc(-c3cccc(C#N)n3)co2)o1. The number of halogens is 1. The number of amides is 1. The van der Waals surface area contributed by atoms with Crippen LogP contribution in [0.5, 0.6) is 0 Å². The normalized spacial score (nSPS) is 10.5. The van der Waals surface area contributed by atoms with Crippen molar-refractivity contribution < 1.29 is 13.6 Å². The highest BCUT2D eigenvalue weighted by Gasteiger charge is 2.22. The molecule has 0 spiro atoms. The van der Waals surface area contributed by atoms with Crippen LogP contribution >= 0.6 is 11.6 Å². The molecular weight excluding hydrogens is 394 g/mol. The molecule has 0 bridgehead atoms. The Morgan fingerprint density at radius 2 is 1.90 bits per heavy atom. The summed E-state index contributed by atoms with van der Waals surface area (Å²) in [4.78, 5) is 25.3. The number of pyridine rings is 1. The zero-order valence-corrected chi connectivity index (χ0v) is 15.8. The molecule has 0 saturated carbocycles. The third-order valence-corrected chi connectivity index (χ3v) is 4.16. The first kappa shape index (κ1) is 18.4. The molecule has 0 fully saturated rings. The van der Waals surface area contributed by atoms with Crippen LogP contribution in [0.2, 0.25) is 5.02 Å². The van der Waals surface area contributed by atoms with Crippen molar-refractivity contribution in [3.05, 3.63) is 71.1 Å². The van der Waals surface area contributed by atoms with Crippen LogP contribution in [0.3, 0.4) is 0 Å². The molecule has 29 heavy (non-hydrogen) atoms. The summed E-state index contributed by atoms with van der Waals surface area (Å²) >= 11 is 5.92. The van der Waals surface area contributed by atoms with E-state index in [9.17, 15) is 4.79 Å². The van der Waals surface area contributed by atoms with Crippen LogP contribution in [-0.4, -0.2) is 20.9 Å². The second-order valence-corrected chi connectivity index (χ2v) is 6.37. The molecule has 8 nitrogen and oxygen atoms in total. The van der Waals surface area contributed by atoms with Crippen molar-refractivity contribution in [1.29, 1.82) is 5.26 Å². The van der Waals surface area contributed by atoms with Crippen molar-refractivity contribution in [3.8, 4) is 28.7 Å². The van der Waals surface area contributed by atoms with Gasteiger partial charge in [0.25, 0.3) is 5.91 Å². The molecule has 0 saturated heterocycles. The Balaban J connectivity index is 1.59. The number of hydrogen-bond donors (Lipinski definition) is 1. The molecule has 4 rings (SSSR count). The average molecular weight is 406 g/mol. The third kappa shape index (κ3) is 3.85. The minimum atomic E-state index is -0.567.